The highest BCUT2D eigenvalue weighted by Gasteiger charge is 2.21. The maximum absolute atomic E-state index is 12.3. The van der Waals surface area contributed by atoms with Crippen molar-refractivity contribution in [3.63, 3.8) is 0 Å². The summed E-state index contributed by atoms with van der Waals surface area (Å²) < 4.78 is 6.82. The standard InChI is InChI=1S/C18H22N2O3S/c21-12-3-13-23-14-8-10-20(11-9-14)18(22)7-6-17-19-15-4-1-2-5-16(15)24-17/h1-2,4-7,14,21H,3,8-13H2/b7-6+. The summed E-state index contributed by atoms with van der Waals surface area (Å²) in [6, 6.07) is 7.97. The molecule has 0 atom stereocenters. The summed E-state index contributed by atoms with van der Waals surface area (Å²) in [4.78, 5) is 18.7. The van der Waals surface area contributed by atoms with Crippen LogP contribution in [-0.2, 0) is 9.53 Å². The van der Waals surface area contributed by atoms with Crippen LogP contribution < -0.4 is 0 Å². The molecule has 1 aromatic heterocycles. The van der Waals surface area contributed by atoms with Crippen molar-refractivity contribution in [2.24, 2.45) is 0 Å². The molecule has 24 heavy (non-hydrogen) atoms. The van der Waals surface area contributed by atoms with Crippen LogP contribution in [-0.4, -0.2) is 53.3 Å². The van der Waals surface area contributed by atoms with Crippen molar-refractivity contribution in [3.8, 4) is 0 Å². The molecule has 0 aliphatic carbocycles. The molecule has 1 aliphatic heterocycles. The highest BCUT2D eigenvalue weighted by atomic mass is 32.1. The van der Waals surface area contributed by atoms with Crippen molar-refractivity contribution in [1.82, 2.24) is 9.88 Å². The topological polar surface area (TPSA) is 62.7 Å². The number of aliphatic hydroxyl groups is 1. The number of benzene rings is 1. The molecule has 0 spiro atoms. The lowest BCUT2D eigenvalue weighted by atomic mass is 10.1. The van der Waals surface area contributed by atoms with E-state index in [-0.39, 0.29) is 18.6 Å². The van der Waals surface area contributed by atoms with Gasteiger partial charge in [-0.1, -0.05) is 12.1 Å². The molecule has 0 unspecified atom stereocenters. The number of para-hydroxylation sites is 1. The Morgan fingerprint density at radius 3 is 2.92 bits per heavy atom. The number of fused-ring (bicyclic) bond motifs is 1. The zero-order chi connectivity index (χ0) is 16.8. The number of aliphatic hydroxyl groups excluding tert-OH is 1. The van der Waals surface area contributed by atoms with Gasteiger partial charge in [-0.15, -0.1) is 11.3 Å². The molecular formula is C18H22N2O3S. The van der Waals surface area contributed by atoms with Gasteiger partial charge < -0.3 is 14.7 Å². The zero-order valence-electron chi connectivity index (χ0n) is 13.6. The molecule has 1 N–H and O–H groups in total. The number of rotatable bonds is 6. The van der Waals surface area contributed by atoms with Gasteiger partial charge in [0.2, 0.25) is 5.91 Å². The summed E-state index contributed by atoms with van der Waals surface area (Å²) in [5.41, 5.74) is 0.968. The van der Waals surface area contributed by atoms with Gasteiger partial charge in [-0.3, -0.25) is 4.79 Å². The molecule has 3 rings (SSSR count). The SMILES string of the molecule is O=C(/C=C/c1nc2ccccc2s1)N1CCC(OCCCO)CC1. The molecule has 1 fully saturated rings. The largest absolute Gasteiger partial charge is 0.396 e. The molecule has 128 valence electrons. The molecule has 0 saturated carbocycles. The van der Waals surface area contributed by atoms with Crippen LogP contribution in [0.15, 0.2) is 30.3 Å². The molecule has 0 radical (unpaired) electrons. The predicted molar refractivity (Wildman–Crippen MR) is 95.9 cm³/mol. The quantitative estimate of drug-likeness (QED) is 0.645. The van der Waals surface area contributed by atoms with Gasteiger partial charge in [0.05, 0.1) is 16.3 Å². The van der Waals surface area contributed by atoms with Crippen molar-refractivity contribution in [2.75, 3.05) is 26.3 Å². The number of carbonyl (C=O) groups excluding carboxylic acids is 1. The average molecular weight is 346 g/mol. The van der Waals surface area contributed by atoms with Crippen LogP contribution >= 0.6 is 11.3 Å². The maximum Gasteiger partial charge on any atom is 0.246 e. The van der Waals surface area contributed by atoms with E-state index in [1.54, 1.807) is 23.5 Å². The number of piperidine rings is 1. The predicted octanol–water partition coefficient (Wildman–Crippen LogP) is 2.70. The van der Waals surface area contributed by atoms with E-state index in [1.807, 2.05) is 29.2 Å². The number of carbonyl (C=O) groups is 1. The van der Waals surface area contributed by atoms with E-state index in [2.05, 4.69) is 4.98 Å². The second-order valence-electron chi connectivity index (χ2n) is 5.83. The fourth-order valence-corrected chi connectivity index (χ4v) is 3.64. The number of amides is 1. The van der Waals surface area contributed by atoms with Crippen molar-refractivity contribution in [2.45, 2.75) is 25.4 Å². The van der Waals surface area contributed by atoms with E-state index < -0.39 is 0 Å². The molecule has 2 aromatic rings. The minimum absolute atomic E-state index is 0.0306. The zero-order valence-corrected chi connectivity index (χ0v) is 14.4. The lowest BCUT2D eigenvalue weighted by Crippen LogP contribution is -2.40. The molecule has 2 heterocycles. The Morgan fingerprint density at radius 2 is 2.17 bits per heavy atom. The van der Waals surface area contributed by atoms with E-state index in [1.165, 1.54) is 0 Å². The van der Waals surface area contributed by atoms with Gasteiger partial charge in [-0.05, 0) is 37.5 Å². The van der Waals surface area contributed by atoms with Crippen LogP contribution in [0.1, 0.15) is 24.3 Å². The summed E-state index contributed by atoms with van der Waals surface area (Å²) in [7, 11) is 0. The number of ether oxygens (including phenoxy) is 1. The fraction of sp³-hybridized carbons (Fsp3) is 0.444. The summed E-state index contributed by atoms with van der Waals surface area (Å²) in [5.74, 6) is 0.0306. The number of thiazole rings is 1. The van der Waals surface area contributed by atoms with E-state index in [9.17, 15) is 4.79 Å². The van der Waals surface area contributed by atoms with E-state index in [4.69, 9.17) is 9.84 Å². The van der Waals surface area contributed by atoms with Gasteiger partial charge in [0, 0.05) is 32.4 Å². The molecule has 1 amide bonds. The first kappa shape index (κ1) is 17.1. The van der Waals surface area contributed by atoms with Crippen LogP contribution in [0.3, 0.4) is 0 Å². The third-order valence-corrected chi connectivity index (χ3v) is 5.09. The lowest BCUT2D eigenvalue weighted by molar-refractivity contribution is -0.128. The van der Waals surface area contributed by atoms with E-state index in [0.717, 1.165) is 28.1 Å². The lowest BCUT2D eigenvalue weighted by Gasteiger charge is -2.31. The van der Waals surface area contributed by atoms with E-state index >= 15 is 0 Å². The van der Waals surface area contributed by atoms with E-state index in [0.29, 0.717) is 26.1 Å². The Kier molecular flexibility index (Phi) is 5.96. The highest BCUT2D eigenvalue weighted by molar-refractivity contribution is 7.19. The van der Waals surface area contributed by atoms with Crippen LogP contribution in [0.4, 0.5) is 0 Å². The first-order chi connectivity index (χ1) is 11.8. The van der Waals surface area contributed by atoms with Crippen molar-refractivity contribution in [1.29, 1.82) is 0 Å². The molecule has 1 saturated heterocycles. The van der Waals surface area contributed by atoms with Crippen LogP contribution in [0.2, 0.25) is 0 Å². The van der Waals surface area contributed by atoms with Gasteiger partial charge in [0.1, 0.15) is 5.01 Å². The first-order valence-electron chi connectivity index (χ1n) is 8.31. The molecule has 5 nitrogen and oxygen atoms in total. The van der Waals surface area contributed by atoms with Crippen molar-refractivity contribution >= 4 is 33.5 Å². The monoisotopic (exact) mass is 346 g/mol. The second-order valence-corrected chi connectivity index (χ2v) is 6.89. The highest BCUT2D eigenvalue weighted by Crippen LogP contribution is 2.22. The summed E-state index contributed by atoms with van der Waals surface area (Å²) in [6.07, 6.45) is 6.00. The minimum atomic E-state index is 0.0306. The number of aromatic nitrogens is 1. The van der Waals surface area contributed by atoms with Crippen molar-refractivity contribution in [3.05, 3.63) is 35.3 Å². The Bertz CT molecular complexity index is 672. The van der Waals surface area contributed by atoms with Gasteiger partial charge in [-0.2, -0.15) is 0 Å². The molecule has 6 heteroatoms. The minimum Gasteiger partial charge on any atom is -0.396 e. The summed E-state index contributed by atoms with van der Waals surface area (Å²) in [6.45, 7) is 2.18. The van der Waals surface area contributed by atoms with Gasteiger partial charge in [0.15, 0.2) is 0 Å². The normalized spacial score (nSPS) is 16.3. The summed E-state index contributed by atoms with van der Waals surface area (Å²) in [5, 5.41) is 9.62. The molecular weight excluding hydrogens is 324 g/mol. The van der Waals surface area contributed by atoms with Crippen LogP contribution in [0.25, 0.3) is 16.3 Å². The summed E-state index contributed by atoms with van der Waals surface area (Å²) >= 11 is 1.59. The average Bonchev–Trinajstić information content (AvgIpc) is 3.03. The Balaban J connectivity index is 1.50. The Morgan fingerprint density at radius 1 is 1.38 bits per heavy atom. The van der Waals surface area contributed by atoms with Gasteiger partial charge in [0.25, 0.3) is 0 Å². The maximum atomic E-state index is 12.3. The Hall–Kier alpha value is -1.76. The number of hydrogen-bond donors (Lipinski definition) is 1. The smallest absolute Gasteiger partial charge is 0.246 e. The third kappa shape index (κ3) is 4.41. The number of likely N-dealkylation sites (tertiary alicyclic amines) is 1. The van der Waals surface area contributed by atoms with Gasteiger partial charge in [-0.25, -0.2) is 4.98 Å². The molecule has 0 bridgehead atoms. The van der Waals surface area contributed by atoms with Crippen LogP contribution in [0, 0.1) is 0 Å². The molecule has 1 aliphatic rings. The first-order valence-corrected chi connectivity index (χ1v) is 9.13. The van der Waals surface area contributed by atoms with Crippen LogP contribution in [0.5, 0.6) is 0 Å². The second kappa shape index (κ2) is 8.37. The van der Waals surface area contributed by atoms with Crippen molar-refractivity contribution < 1.29 is 14.6 Å². The number of hydrogen-bond acceptors (Lipinski definition) is 5. The number of nitrogens with zero attached hydrogens (tertiary/aromatic N) is 2. The molecule has 1 aromatic carbocycles. The fourth-order valence-electron chi connectivity index (χ4n) is 2.77. The third-order valence-electron chi connectivity index (χ3n) is 4.09. The Labute approximate surface area is 145 Å². The van der Waals surface area contributed by atoms with Gasteiger partial charge >= 0.3 is 0 Å².